The lowest BCUT2D eigenvalue weighted by Crippen LogP contribution is -2.14. The smallest absolute Gasteiger partial charge is 0.248 e. The molecule has 0 aliphatic heterocycles. The molecule has 1 heterocycles. The number of pyridine rings is 1. The first-order valence-electron chi connectivity index (χ1n) is 4.92. The fourth-order valence-corrected chi connectivity index (χ4v) is 1.75. The number of fused-ring (bicyclic) bond motifs is 1. The van der Waals surface area contributed by atoms with E-state index in [1.54, 1.807) is 6.07 Å². The maximum atomic E-state index is 11.4. The maximum Gasteiger partial charge on any atom is 0.248 e. The summed E-state index contributed by atoms with van der Waals surface area (Å²) in [5.41, 5.74) is 1.94. The third kappa shape index (κ3) is 2.07. The molecule has 3 nitrogen and oxygen atoms in total. The highest BCUT2D eigenvalue weighted by Gasteiger charge is 2.03. The normalized spacial score (nSPS) is 11.1. The van der Waals surface area contributed by atoms with Crippen LogP contribution >= 0.6 is 0 Å². The van der Waals surface area contributed by atoms with Crippen molar-refractivity contribution in [2.75, 3.05) is 14.1 Å². The van der Waals surface area contributed by atoms with Crippen molar-refractivity contribution in [3.8, 4) is 0 Å². The lowest BCUT2D eigenvalue weighted by atomic mass is 10.1. The quantitative estimate of drug-likeness (QED) is 0.802. The summed E-state index contributed by atoms with van der Waals surface area (Å²) < 4.78 is 0. The van der Waals surface area contributed by atoms with Gasteiger partial charge < -0.3 is 9.88 Å². The van der Waals surface area contributed by atoms with Crippen molar-refractivity contribution in [2.45, 2.75) is 6.54 Å². The minimum Gasteiger partial charge on any atom is -0.322 e. The standard InChI is InChI=1S/C12H14N2O/c1-14(2)8-9-7-12(15)13-11-6-4-3-5-10(9)11/h3-7H,8H2,1-2H3,(H,13,15). The molecule has 0 aliphatic rings. The number of rotatable bonds is 2. The number of nitrogens with one attached hydrogen (secondary N) is 1. The second-order valence-corrected chi connectivity index (χ2v) is 3.94. The number of hydrogen-bond donors (Lipinski definition) is 1. The van der Waals surface area contributed by atoms with Gasteiger partial charge in [0.1, 0.15) is 0 Å². The Labute approximate surface area is 88.3 Å². The van der Waals surface area contributed by atoms with Gasteiger partial charge in [-0.2, -0.15) is 0 Å². The molecule has 2 aromatic rings. The third-order valence-corrected chi connectivity index (χ3v) is 2.32. The predicted molar refractivity (Wildman–Crippen MR) is 62.0 cm³/mol. The molecule has 0 spiro atoms. The number of H-pyrrole nitrogens is 1. The average molecular weight is 202 g/mol. The second-order valence-electron chi connectivity index (χ2n) is 3.94. The number of aromatic nitrogens is 1. The Kier molecular flexibility index (Phi) is 2.56. The minimum absolute atomic E-state index is 0.0365. The van der Waals surface area contributed by atoms with Crippen LogP contribution in [0.3, 0.4) is 0 Å². The molecule has 3 heteroatoms. The van der Waals surface area contributed by atoms with Gasteiger partial charge in [0.2, 0.25) is 5.56 Å². The molecular formula is C12H14N2O. The van der Waals surface area contributed by atoms with E-state index in [0.29, 0.717) is 0 Å². The minimum atomic E-state index is -0.0365. The van der Waals surface area contributed by atoms with E-state index < -0.39 is 0 Å². The van der Waals surface area contributed by atoms with Gasteiger partial charge in [-0.15, -0.1) is 0 Å². The largest absolute Gasteiger partial charge is 0.322 e. The molecule has 1 aromatic heterocycles. The molecule has 1 aromatic carbocycles. The molecule has 2 rings (SSSR count). The van der Waals surface area contributed by atoms with Gasteiger partial charge in [-0.05, 0) is 25.7 Å². The Morgan fingerprint density at radius 1 is 1.27 bits per heavy atom. The number of para-hydroxylation sites is 1. The Hall–Kier alpha value is -1.61. The summed E-state index contributed by atoms with van der Waals surface area (Å²) in [6.45, 7) is 0.782. The zero-order valence-electron chi connectivity index (χ0n) is 8.95. The molecule has 0 saturated heterocycles. The molecule has 15 heavy (non-hydrogen) atoms. The van der Waals surface area contributed by atoms with Gasteiger partial charge in [0.05, 0.1) is 0 Å². The van der Waals surface area contributed by atoms with E-state index >= 15 is 0 Å². The summed E-state index contributed by atoms with van der Waals surface area (Å²) in [4.78, 5) is 16.3. The van der Waals surface area contributed by atoms with Gasteiger partial charge in [-0.1, -0.05) is 18.2 Å². The fraction of sp³-hybridized carbons (Fsp3) is 0.250. The first-order chi connectivity index (χ1) is 7.16. The molecule has 0 radical (unpaired) electrons. The van der Waals surface area contributed by atoms with Crippen LogP contribution in [0.5, 0.6) is 0 Å². The predicted octanol–water partition coefficient (Wildman–Crippen LogP) is 1.59. The molecule has 0 aliphatic carbocycles. The van der Waals surface area contributed by atoms with Gasteiger partial charge in [-0.25, -0.2) is 0 Å². The van der Waals surface area contributed by atoms with Gasteiger partial charge >= 0.3 is 0 Å². The monoisotopic (exact) mass is 202 g/mol. The molecule has 0 saturated carbocycles. The van der Waals surface area contributed by atoms with Crippen molar-refractivity contribution in [3.05, 3.63) is 46.2 Å². The van der Waals surface area contributed by atoms with Gasteiger partial charge in [-0.3, -0.25) is 4.79 Å². The van der Waals surface area contributed by atoms with Crippen molar-refractivity contribution >= 4 is 10.9 Å². The van der Waals surface area contributed by atoms with E-state index in [2.05, 4.69) is 9.88 Å². The van der Waals surface area contributed by atoms with Crippen molar-refractivity contribution in [1.29, 1.82) is 0 Å². The lowest BCUT2D eigenvalue weighted by Gasteiger charge is -2.11. The van der Waals surface area contributed by atoms with E-state index in [-0.39, 0.29) is 5.56 Å². The van der Waals surface area contributed by atoms with Crippen LogP contribution in [0.1, 0.15) is 5.56 Å². The number of nitrogens with zero attached hydrogens (tertiary/aromatic N) is 1. The van der Waals surface area contributed by atoms with Crippen molar-refractivity contribution in [3.63, 3.8) is 0 Å². The van der Waals surface area contributed by atoms with Gasteiger partial charge in [0.15, 0.2) is 0 Å². The molecule has 0 bridgehead atoms. The number of aromatic amines is 1. The van der Waals surface area contributed by atoms with Crippen LogP contribution < -0.4 is 5.56 Å². The van der Waals surface area contributed by atoms with Crippen LogP contribution in [0.15, 0.2) is 35.1 Å². The van der Waals surface area contributed by atoms with Gasteiger partial charge in [0, 0.05) is 23.5 Å². The first kappa shape index (κ1) is 9.93. The lowest BCUT2D eigenvalue weighted by molar-refractivity contribution is 0.404. The second kappa shape index (κ2) is 3.87. The molecule has 1 N–H and O–H groups in total. The molecule has 0 unspecified atom stereocenters. The van der Waals surface area contributed by atoms with Crippen LogP contribution in [0.2, 0.25) is 0 Å². The van der Waals surface area contributed by atoms with Crippen LogP contribution in [0.4, 0.5) is 0 Å². The zero-order chi connectivity index (χ0) is 10.8. The van der Waals surface area contributed by atoms with E-state index in [1.807, 2.05) is 38.4 Å². The Balaban J connectivity index is 2.66. The summed E-state index contributed by atoms with van der Waals surface area (Å²) in [7, 11) is 3.99. The van der Waals surface area contributed by atoms with Crippen LogP contribution in [-0.2, 0) is 6.54 Å². The van der Waals surface area contributed by atoms with Crippen LogP contribution in [-0.4, -0.2) is 24.0 Å². The molecule has 0 amide bonds. The third-order valence-electron chi connectivity index (χ3n) is 2.32. The average Bonchev–Trinajstić information content (AvgIpc) is 2.16. The summed E-state index contributed by atoms with van der Waals surface area (Å²) in [6.07, 6.45) is 0. The Morgan fingerprint density at radius 3 is 2.73 bits per heavy atom. The summed E-state index contributed by atoms with van der Waals surface area (Å²) in [6, 6.07) is 9.54. The zero-order valence-corrected chi connectivity index (χ0v) is 8.95. The maximum absolute atomic E-state index is 11.4. The van der Waals surface area contributed by atoms with Crippen molar-refractivity contribution in [1.82, 2.24) is 9.88 Å². The van der Waals surface area contributed by atoms with E-state index in [4.69, 9.17) is 0 Å². The van der Waals surface area contributed by atoms with Crippen molar-refractivity contribution in [2.24, 2.45) is 0 Å². The van der Waals surface area contributed by atoms with E-state index in [1.165, 1.54) is 0 Å². The van der Waals surface area contributed by atoms with Crippen molar-refractivity contribution < 1.29 is 0 Å². The number of hydrogen-bond acceptors (Lipinski definition) is 2. The SMILES string of the molecule is CN(C)Cc1cc(=O)[nH]c2ccccc12. The summed E-state index contributed by atoms with van der Waals surface area (Å²) in [5, 5.41) is 1.12. The Morgan fingerprint density at radius 2 is 2.00 bits per heavy atom. The summed E-state index contributed by atoms with van der Waals surface area (Å²) >= 11 is 0. The molecule has 78 valence electrons. The van der Waals surface area contributed by atoms with E-state index in [0.717, 1.165) is 23.0 Å². The molecule has 0 atom stereocenters. The van der Waals surface area contributed by atoms with Crippen LogP contribution in [0.25, 0.3) is 10.9 Å². The fourth-order valence-electron chi connectivity index (χ4n) is 1.75. The van der Waals surface area contributed by atoms with E-state index in [9.17, 15) is 4.79 Å². The molecule has 0 fully saturated rings. The number of benzene rings is 1. The highest BCUT2D eigenvalue weighted by atomic mass is 16.1. The molecular weight excluding hydrogens is 188 g/mol. The highest BCUT2D eigenvalue weighted by molar-refractivity contribution is 5.81. The topological polar surface area (TPSA) is 36.1 Å². The highest BCUT2D eigenvalue weighted by Crippen LogP contribution is 2.15. The first-order valence-corrected chi connectivity index (χ1v) is 4.92. The van der Waals surface area contributed by atoms with Gasteiger partial charge in [0.25, 0.3) is 0 Å². The Bertz CT molecular complexity index is 528. The van der Waals surface area contributed by atoms with Crippen LogP contribution in [0, 0.1) is 0 Å². The summed E-state index contributed by atoms with van der Waals surface area (Å²) in [5.74, 6) is 0.